The fraction of sp³-hybridized carbons (Fsp3) is 0.462. The lowest BCUT2D eigenvalue weighted by atomic mass is 9.98. The molecule has 0 saturated carbocycles. The zero-order valence-corrected chi connectivity index (χ0v) is 20.1. The Kier molecular flexibility index (Phi) is 6.31. The Bertz CT molecular complexity index is 1220. The number of benzene rings is 2. The molecule has 0 bridgehead atoms. The third-order valence-electron chi connectivity index (χ3n) is 7.49. The number of rotatable bonds is 5. The Balaban J connectivity index is 1.41. The Morgan fingerprint density at radius 1 is 1.00 bits per heavy atom. The standard InChI is InChI=1S/C26H31F3N6/c1-16-20(5-3-6-23(16)26(27,28)29)24(30)31-25-22-15-19(7-8-21(22)17(2)32-33-25)35-13-9-18(10-14-35)34-11-4-12-34/h3,5-8,15,18,24H,4,9-14,30H2,1-2H3,(H,31,33)/t24-/m0/s1. The molecule has 0 unspecified atom stereocenters. The summed E-state index contributed by atoms with van der Waals surface area (Å²) >= 11 is 0. The minimum Gasteiger partial charge on any atom is -0.371 e. The van der Waals surface area contributed by atoms with Crippen LogP contribution in [0.1, 0.15) is 47.8 Å². The number of hydrogen-bond donors (Lipinski definition) is 2. The summed E-state index contributed by atoms with van der Waals surface area (Å²) in [5.74, 6) is 0.465. The third-order valence-corrected chi connectivity index (χ3v) is 7.49. The molecule has 0 spiro atoms. The monoisotopic (exact) mass is 484 g/mol. The van der Waals surface area contributed by atoms with E-state index in [1.54, 1.807) is 6.07 Å². The molecule has 3 heterocycles. The Hall–Kier alpha value is -2.91. The van der Waals surface area contributed by atoms with Crippen LogP contribution >= 0.6 is 0 Å². The van der Waals surface area contributed by atoms with E-state index in [0.717, 1.165) is 54.2 Å². The highest BCUT2D eigenvalue weighted by Crippen LogP contribution is 2.35. The minimum absolute atomic E-state index is 0.107. The fourth-order valence-electron chi connectivity index (χ4n) is 5.30. The smallest absolute Gasteiger partial charge is 0.371 e. The molecule has 2 aromatic carbocycles. The second kappa shape index (κ2) is 9.28. The number of nitrogens with zero attached hydrogens (tertiary/aromatic N) is 4. The van der Waals surface area contributed by atoms with Gasteiger partial charge in [0, 0.05) is 35.6 Å². The van der Waals surface area contributed by atoms with Gasteiger partial charge < -0.3 is 20.9 Å². The number of halogens is 3. The van der Waals surface area contributed by atoms with Crippen LogP contribution in [0, 0.1) is 13.8 Å². The summed E-state index contributed by atoms with van der Waals surface area (Å²) in [5, 5.41) is 13.5. The molecule has 2 aliphatic heterocycles. The molecule has 3 N–H and O–H groups in total. The van der Waals surface area contributed by atoms with Gasteiger partial charge in [0.05, 0.1) is 11.3 Å². The number of hydrogen-bond acceptors (Lipinski definition) is 6. The van der Waals surface area contributed by atoms with Crippen LogP contribution < -0.4 is 16.0 Å². The van der Waals surface area contributed by atoms with Gasteiger partial charge in [-0.05, 0) is 75.5 Å². The van der Waals surface area contributed by atoms with Crippen LogP contribution in [0.4, 0.5) is 24.7 Å². The Morgan fingerprint density at radius 3 is 2.40 bits per heavy atom. The average molecular weight is 485 g/mol. The van der Waals surface area contributed by atoms with Gasteiger partial charge in [-0.15, -0.1) is 5.10 Å². The molecule has 2 saturated heterocycles. The second-order valence-electron chi connectivity index (χ2n) is 9.61. The van der Waals surface area contributed by atoms with E-state index in [1.807, 2.05) is 13.0 Å². The summed E-state index contributed by atoms with van der Waals surface area (Å²) in [7, 11) is 0. The molecule has 3 aromatic rings. The van der Waals surface area contributed by atoms with Crippen LogP contribution in [-0.2, 0) is 6.18 Å². The normalized spacial score (nSPS) is 18.5. The zero-order valence-electron chi connectivity index (χ0n) is 20.1. The first kappa shape index (κ1) is 23.8. The summed E-state index contributed by atoms with van der Waals surface area (Å²) in [6, 6.07) is 11.0. The molecule has 0 amide bonds. The highest BCUT2D eigenvalue weighted by atomic mass is 19.4. The largest absolute Gasteiger partial charge is 0.416 e. The van der Waals surface area contributed by atoms with E-state index in [9.17, 15) is 13.2 Å². The lowest BCUT2D eigenvalue weighted by Gasteiger charge is -2.43. The molecule has 6 nitrogen and oxygen atoms in total. The van der Waals surface area contributed by atoms with Crippen molar-refractivity contribution in [2.75, 3.05) is 36.4 Å². The van der Waals surface area contributed by atoms with Crippen molar-refractivity contribution in [2.24, 2.45) is 5.73 Å². The molecule has 5 rings (SSSR count). The fourth-order valence-corrected chi connectivity index (χ4v) is 5.30. The molecular weight excluding hydrogens is 453 g/mol. The van der Waals surface area contributed by atoms with Crippen molar-refractivity contribution in [3.8, 4) is 0 Å². The molecule has 1 aromatic heterocycles. The maximum Gasteiger partial charge on any atom is 0.416 e. The molecule has 2 aliphatic rings. The molecule has 0 aliphatic carbocycles. The number of likely N-dealkylation sites (tertiary alicyclic amines) is 1. The predicted octanol–water partition coefficient (Wildman–Crippen LogP) is 5.01. The Labute approximate surface area is 203 Å². The van der Waals surface area contributed by atoms with E-state index in [-0.39, 0.29) is 5.56 Å². The number of piperidine rings is 1. The van der Waals surface area contributed by atoms with Gasteiger partial charge in [-0.25, -0.2) is 0 Å². The van der Waals surface area contributed by atoms with E-state index in [2.05, 4.69) is 37.4 Å². The second-order valence-corrected chi connectivity index (χ2v) is 9.61. The predicted molar refractivity (Wildman–Crippen MR) is 132 cm³/mol. The number of anilines is 2. The Morgan fingerprint density at radius 2 is 1.74 bits per heavy atom. The topological polar surface area (TPSA) is 70.3 Å². The van der Waals surface area contributed by atoms with E-state index in [4.69, 9.17) is 5.73 Å². The lowest BCUT2D eigenvalue weighted by molar-refractivity contribution is -0.138. The molecule has 9 heteroatoms. The van der Waals surface area contributed by atoms with Gasteiger partial charge in [0.2, 0.25) is 0 Å². The van der Waals surface area contributed by atoms with Crippen molar-refractivity contribution in [2.45, 2.75) is 51.5 Å². The number of aromatic nitrogens is 2. The first-order valence-corrected chi connectivity index (χ1v) is 12.2. The molecule has 2 fully saturated rings. The number of alkyl halides is 3. The van der Waals surface area contributed by atoms with Gasteiger partial charge in [0.25, 0.3) is 0 Å². The number of aryl methyl sites for hydroxylation is 1. The molecule has 0 radical (unpaired) electrons. The van der Waals surface area contributed by atoms with Crippen LogP contribution in [0.5, 0.6) is 0 Å². The SMILES string of the molecule is Cc1c([C@@H](N)Nc2nnc(C)c3ccc(N4CCC(N5CCC5)CC4)cc23)cccc1C(F)(F)F. The van der Waals surface area contributed by atoms with Crippen LogP contribution in [0.25, 0.3) is 10.8 Å². The molecule has 35 heavy (non-hydrogen) atoms. The van der Waals surface area contributed by atoms with E-state index < -0.39 is 17.9 Å². The van der Waals surface area contributed by atoms with Crippen molar-refractivity contribution in [3.63, 3.8) is 0 Å². The summed E-state index contributed by atoms with van der Waals surface area (Å²) in [4.78, 5) is 4.97. The first-order valence-electron chi connectivity index (χ1n) is 12.2. The van der Waals surface area contributed by atoms with Crippen LogP contribution in [0.15, 0.2) is 36.4 Å². The third kappa shape index (κ3) is 4.67. The minimum atomic E-state index is -4.44. The van der Waals surface area contributed by atoms with Gasteiger partial charge in [-0.1, -0.05) is 18.2 Å². The average Bonchev–Trinajstić information content (AvgIpc) is 2.79. The van der Waals surface area contributed by atoms with E-state index in [1.165, 1.54) is 32.5 Å². The highest BCUT2D eigenvalue weighted by molar-refractivity contribution is 5.95. The van der Waals surface area contributed by atoms with Gasteiger partial charge in [0.15, 0.2) is 5.82 Å². The number of fused-ring (bicyclic) bond motifs is 1. The molecule has 1 atom stereocenters. The molecular formula is C26H31F3N6. The summed E-state index contributed by atoms with van der Waals surface area (Å²) in [6.07, 6.45) is -1.70. The van der Waals surface area contributed by atoms with E-state index >= 15 is 0 Å². The van der Waals surface area contributed by atoms with Crippen molar-refractivity contribution in [1.29, 1.82) is 0 Å². The summed E-state index contributed by atoms with van der Waals surface area (Å²) < 4.78 is 40.2. The van der Waals surface area contributed by atoms with Crippen LogP contribution in [-0.4, -0.2) is 47.3 Å². The summed E-state index contributed by atoms with van der Waals surface area (Å²) in [5.41, 5.74) is 8.05. The quantitative estimate of drug-likeness (QED) is 0.496. The first-order chi connectivity index (χ1) is 16.7. The maximum absolute atomic E-state index is 13.4. The van der Waals surface area contributed by atoms with Crippen molar-refractivity contribution in [3.05, 3.63) is 58.8 Å². The highest BCUT2D eigenvalue weighted by Gasteiger charge is 2.33. The number of nitrogens with one attached hydrogen (secondary N) is 1. The van der Waals surface area contributed by atoms with Crippen molar-refractivity contribution >= 4 is 22.3 Å². The summed E-state index contributed by atoms with van der Waals surface area (Å²) in [6.45, 7) is 7.78. The van der Waals surface area contributed by atoms with Crippen LogP contribution in [0.2, 0.25) is 0 Å². The van der Waals surface area contributed by atoms with Gasteiger partial charge in [-0.2, -0.15) is 18.3 Å². The molecule has 186 valence electrons. The number of nitrogens with two attached hydrogens (primary N) is 1. The van der Waals surface area contributed by atoms with Gasteiger partial charge in [-0.3, -0.25) is 0 Å². The zero-order chi connectivity index (χ0) is 24.7. The van der Waals surface area contributed by atoms with Gasteiger partial charge >= 0.3 is 6.18 Å². The van der Waals surface area contributed by atoms with Crippen molar-refractivity contribution < 1.29 is 13.2 Å². The van der Waals surface area contributed by atoms with Crippen LogP contribution in [0.3, 0.4) is 0 Å². The maximum atomic E-state index is 13.4. The lowest BCUT2D eigenvalue weighted by Crippen LogP contribution is -2.50. The van der Waals surface area contributed by atoms with Crippen molar-refractivity contribution in [1.82, 2.24) is 15.1 Å². The van der Waals surface area contributed by atoms with E-state index in [0.29, 0.717) is 17.4 Å². The van der Waals surface area contributed by atoms with Gasteiger partial charge in [0.1, 0.15) is 6.17 Å².